The van der Waals surface area contributed by atoms with E-state index in [2.05, 4.69) is 15.6 Å². The Kier molecular flexibility index (Phi) is 3.69. The number of hydrogen-bond acceptors (Lipinski definition) is 3. The van der Waals surface area contributed by atoms with E-state index in [9.17, 15) is 9.59 Å². The van der Waals surface area contributed by atoms with E-state index in [4.69, 9.17) is 0 Å². The van der Waals surface area contributed by atoms with Crippen LogP contribution in [0.4, 0.5) is 5.82 Å². The van der Waals surface area contributed by atoms with Gasteiger partial charge in [0.05, 0.1) is 6.54 Å². The average Bonchev–Trinajstić information content (AvgIpc) is 2.25. The highest BCUT2D eigenvalue weighted by Crippen LogP contribution is 2.25. The van der Waals surface area contributed by atoms with E-state index < -0.39 is 0 Å². The summed E-state index contributed by atoms with van der Waals surface area (Å²) in [5.74, 6) is 0.330. The number of amides is 2. The van der Waals surface area contributed by atoms with E-state index >= 15 is 0 Å². The summed E-state index contributed by atoms with van der Waals surface area (Å²) in [6.07, 6.45) is 4.59. The largest absolute Gasteiger partial charge is 0.347 e. The molecule has 2 amide bonds. The molecule has 0 radical (unpaired) electrons. The molecule has 0 atom stereocenters. The molecule has 1 saturated carbocycles. The van der Waals surface area contributed by atoms with Gasteiger partial charge in [0, 0.05) is 12.1 Å². The monoisotopic (exact) mass is 233 g/mol. The van der Waals surface area contributed by atoms with Gasteiger partial charge in [0.1, 0.15) is 5.82 Å². The van der Waals surface area contributed by atoms with Crippen LogP contribution in [0.2, 0.25) is 0 Å². The van der Waals surface area contributed by atoms with Gasteiger partial charge in [-0.15, -0.1) is 0 Å². The lowest BCUT2D eigenvalue weighted by Gasteiger charge is -2.23. The summed E-state index contributed by atoms with van der Waals surface area (Å²) in [6.45, 7) is 0.00586. The third-order valence-corrected chi connectivity index (χ3v) is 2.83. The molecule has 1 aromatic heterocycles. The summed E-state index contributed by atoms with van der Waals surface area (Å²) in [4.78, 5) is 26.9. The predicted octanol–water partition coefficient (Wildman–Crippen LogP) is 0.936. The second-order valence-corrected chi connectivity index (χ2v) is 4.11. The number of aromatic nitrogens is 1. The van der Waals surface area contributed by atoms with Crippen molar-refractivity contribution in [2.75, 3.05) is 11.9 Å². The van der Waals surface area contributed by atoms with Crippen LogP contribution in [0.3, 0.4) is 0 Å². The molecule has 2 rings (SSSR count). The van der Waals surface area contributed by atoms with Gasteiger partial charge in [-0.2, -0.15) is 0 Å². The number of hydrogen-bond donors (Lipinski definition) is 2. The summed E-state index contributed by atoms with van der Waals surface area (Å²) >= 11 is 0. The van der Waals surface area contributed by atoms with Crippen molar-refractivity contribution in [2.24, 2.45) is 5.92 Å². The maximum absolute atomic E-state index is 11.5. The highest BCUT2D eigenvalue weighted by Gasteiger charge is 2.25. The minimum absolute atomic E-state index is 0.00586. The fourth-order valence-electron chi connectivity index (χ4n) is 1.61. The summed E-state index contributed by atoms with van der Waals surface area (Å²) in [5, 5.41) is 5.23. The van der Waals surface area contributed by atoms with Gasteiger partial charge in [0.15, 0.2) is 0 Å². The van der Waals surface area contributed by atoms with E-state index in [1.165, 1.54) is 0 Å². The zero-order chi connectivity index (χ0) is 12.1. The third kappa shape index (κ3) is 3.27. The Hall–Kier alpha value is -1.91. The lowest BCUT2D eigenvalue weighted by atomic mass is 9.85. The number of pyridine rings is 1. The van der Waals surface area contributed by atoms with Crippen molar-refractivity contribution in [3.05, 3.63) is 24.4 Å². The van der Waals surface area contributed by atoms with Crippen LogP contribution in [0, 0.1) is 5.92 Å². The maximum atomic E-state index is 11.5. The van der Waals surface area contributed by atoms with E-state index in [1.54, 1.807) is 24.4 Å². The third-order valence-electron chi connectivity index (χ3n) is 2.83. The molecule has 1 aliphatic carbocycles. The van der Waals surface area contributed by atoms with Crippen LogP contribution in [0.1, 0.15) is 19.3 Å². The first kappa shape index (κ1) is 11.6. The molecule has 17 heavy (non-hydrogen) atoms. The van der Waals surface area contributed by atoms with Gasteiger partial charge < -0.3 is 10.6 Å². The molecule has 0 unspecified atom stereocenters. The number of anilines is 1. The Bertz CT molecular complexity index is 401. The van der Waals surface area contributed by atoms with Crippen LogP contribution in [0.25, 0.3) is 0 Å². The van der Waals surface area contributed by atoms with Crippen molar-refractivity contribution in [1.29, 1.82) is 0 Å². The Morgan fingerprint density at radius 1 is 1.35 bits per heavy atom. The first-order valence-electron chi connectivity index (χ1n) is 5.74. The number of nitrogens with one attached hydrogen (secondary N) is 2. The molecule has 1 heterocycles. The molecule has 1 aromatic rings. The molecule has 1 fully saturated rings. The zero-order valence-electron chi connectivity index (χ0n) is 9.48. The molecule has 5 nitrogen and oxygen atoms in total. The molecule has 0 saturated heterocycles. The highest BCUT2D eigenvalue weighted by atomic mass is 16.2. The van der Waals surface area contributed by atoms with Gasteiger partial charge in [-0.3, -0.25) is 9.59 Å². The fraction of sp³-hybridized carbons (Fsp3) is 0.417. The predicted molar refractivity (Wildman–Crippen MR) is 63.2 cm³/mol. The van der Waals surface area contributed by atoms with Gasteiger partial charge in [-0.25, -0.2) is 4.98 Å². The normalized spacial score (nSPS) is 14.8. The van der Waals surface area contributed by atoms with E-state index in [1.807, 2.05) is 0 Å². The minimum Gasteiger partial charge on any atom is -0.347 e. The van der Waals surface area contributed by atoms with Gasteiger partial charge in [0.25, 0.3) is 0 Å². The molecular weight excluding hydrogens is 218 g/mol. The fourth-order valence-corrected chi connectivity index (χ4v) is 1.61. The van der Waals surface area contributed by atoms with Crippen LogP contribution in [-0.4, -0.2) is 23.3 Å². The second kappa shape index (κ2) is 5.43. The van der Waals surface area contributed by atoms with Gasteiger partial charge in [0.2, 0.25) is 11.8 Å². The van der Waals surface area contributed by atoms with Crippen LogP contribution >= 0.6 is 0 Å². The zero-order valence-corrected chi connectivity index (χ0v) is 9.48. The summed E-state index contributed by atoms with van der Waals surface area (Å²) in [5.41, 5.74) is 0. The first-order chi connectivity index (χ1) is 8.25. The Morgan fingerprint density at radius 3 is 2.76 bits per heavy atom. The quantitative estimate of drug-likeness (QED) is 0.813. The van der Waals surface area contributed by atoms with Crippen LogP contribution < -0.4 is 10.6 Å². The summed E-state index contributed by atoms with van der Waals surface area (Å²) in [6, 6.07) is 5.26. The Balaban J connectivity index is 1.72. The molecular formula is C12H15N3O2. The minimum atomic E-state index is -0.253. The van der Waals surface area contributed by atoms with Crippen molar-refractivity contribution in [3.8, 4) is 0 Å². The average molecular weight is 233 g/mol. The first-order valence-corrected chi connectivity index (χ1v) is 5.74. The second-order valence-electron chi connectivity index (χ2n) is 4.11. The van der Waals surface area contributed by atoms with Crippen molar-refractivity contribution >= 4 is 17.6 Å². The molecule has 1 aliphatic rings. The van der Waals surface area contributed by atoms with Crippen molar-refractivity contribution < 1.29 is 9.59 Å². The number of carbonyl (C=O) groups is 2. The van der Waals surface area contributed by atoms with Gasteiger partial charge in [-0.05, 0) is 25.0 Å². The van der Waals surface area contributed by atoms with Crippen molar-refractivity contribution in [1.82, 2.24) is 10.3 Å². The molecule has 90 valence electrons. The van der Waals surface area contributed by atoms with Crippen molar-refractivity contribution in [2.45, 2.75) is 19.3 Å². The smallest absolute Gasteiger partial charge is 0.244 e. The van der Waals surface area contributed by atoms with E-state index in [0.717, 1.165) is 19.3 Å². The molecule has 0 aliphatic heterocycles. The van der Waals surface area contributed by atoms with Gasteiger partial charge >= 0.3 is 0 Å². The summed E-state index contributed by atoms with van der Waals surface area (Å²) in [7, 11) is 0. The number of carbonyl (C=O) groups excluding carboxylic acids is 2. The molecule has 5 heteroatoms. The van der Waals surface area contributed by atoms with Crippen LogP contribution in [-0.2, 0) is 9.59 Å². The van der Waals surface area contributed by atoms with Gasteiger partial charge in [-0.1, -0.05) is 12.5 Å². The maximum Gasteiger partial charge on any atom is 0.244 e. The molecule has 0 spiro atoms. The number of nitrogens with zero attached hydrogens (tertiary/aromatic N) is 1. The highest BCUT2D eigenvalue weighted by molar-refractivity contribution is 5.94. The topological polar surface area (TPSA) is 71.1 Å². The Morgan fingerprint density at radius 2 is 2.18 bits per heavy atom. The lowest BCUT2D eigenvalue weighted by molar-refractivity contribution is -0.129. The van der Waals surface area contributed by atoms with E-state index in [0.29, 0.717) is 5.82 Å². The van der Waals surface area contributed by atoms with E-state index in [-0.39, 0.29) is 24.3 Å². The standard InChI is InChI=1S/C12H15N3O2/c16-11(15-10-6-1-2-7-13-10)8-14-12(17)9-4-3-5-9/h1-2,6-7,9H,3-5,8H2,(H,14,17)(H,13,15,16). The summed E-state index contributed by atoms with van der Waals surface area (Å²) < 4.78 is 0. The van der Waals surface area contributed by atoms with Crippen molar-refractivity contribution in [3.63, 3.8) is 0 Å². The number of rotatable bonds is 4. The van der Waals surface area contributed by atoms with Crippen LogP contribution in [0.15, 0.2) is 24.4 Å². The van der Waals surface area contributed by atoms with Crippen LogP contribution in [0.5, 0.6) is 0 Å². The Labute approximate surface area is 99.6 Å². The SMILES string of the molecule is O=C(CNC(=O)C1CCC1)Nc1ccccn1. The lowest BCUT2D eigenvalue weighted by Crippen LogP contribution is -2.39. The molecule has 0 bridgehead atoms. The molecule has 2 N–H and O–H groups in total. The molecule has 0 aromatic carbocycles.